The molecule has 472 valence electrons. The summed E-state index contributed by atoms with van der Waals surface area (Å²) in [5, 5.41) is 4.78. The maximum Gasteiger partial charge on any atom is 0.143 e. The summed E-state index contributed by atoms with van der Waals surface area (Å²) < 4.78 is 9.03. The molecule has 0 saturated carbocycles. The molecule has 0 bridgehead atoms. The molecule has 0 aliphatic heterocycles. The van der Waals surface area contributed by atoms with E-state index >= 15 is 0 Å². The highest BCUT2D eigenvalue weighted by atomic mass is 32.1. The molecule has 6 heteroatoms. The van der Waals surface area contributed by atoms with Crippen LogP contribution in [0, 0.1) is 0 Å². The number of hydrogen-bond acceptors (Lipinski definition) is 6. The van der Waals surface area contributed by atoms with Gasteiger partial charge in [-0.05, 0) is 218 Å². The Labute approximate surface area is 589 Å². The first-order valence-corrected chi connectivity index (χ1v) is 35.5. The molecular weight excluding hydrogens is 1250 g/mol. The molecule has 0 atom stereocenters. The first kappa shape index (κ1) is 59.9. The van der Waals surface area contributed by atoms with Gasteiger partial charge in [-0.3, -0.25) is 0 Å². The van der Waals surface area contributed by atoms with Gasteiger partial charge in [0.1, 0.15) is 11.2 Å². The monoisotopic (exact) mass is 1310 g/mol. The number of nitrogens with zero attached hydrogens (tertiary/aromatic N) is 3. The van der Waals surface area contributed by atoms with Gasteiger partial charge in [0.15, 0.2) is 0 Å². The predicted octanol–water partition coefficient (Wildman–Crippen LogP) is 28.1. The molecule has 0 saturated heterocycles. The molecule has 0 fully saturated rings. The van der Waals surface area contributed by atoms with Gasteiger partial charge in [0.2, 0.25) is 0 Å². The molecule has 3 aromatic heterocycles. The summed E-state index contributed by atoms with van der Waals surface area (Å²) >= 11 is 3.68. The van der Waals surface area contributed by atoms with Crippen LogP contribution in [0.5, 0.6) is 0 Å². The number of para-hydroxylation sites is 4. The highest BCUT2D eigenvalue weighted by molar-refractivity contribution is 7.22. The second-order valence-corrected chi connectivity index (χ2v) is 27.4. The molecule has 0 N–H and O–H groups in total. The number of fused-ring (bicyclic) bond motifs is 5. The van der Waals surface area contributed by atoms with Gasteiger partial charge < -0.3 is 19.1 Å². The fraction of sp³-hybridized carbons (Fsp3) is 0. The van der Waals surface area contributed by atoms with Crippen molar-refractivity contribution in [3.63, 3.8) is 0 Å². The number of thiophene rings is 2. The van der Waals surface area contributed by atoms with Gasteiger partial charge in [-0.25, -0.2) is 0 Å². The lowest BCUT2D eigenvalue weighted by molar-refractivity contribution is 0.670. The SMILES string of the molecule is c1ccc(-c2ccc(N(c3ccc(-c4ccc(-c5ccc6sc(-c7ccc(N(c8ccccc8)c8ccc(-c9ccc(N(c%10ccccc%10)c%10ccc(-c%11cc%12ccccc%12s%11)cc%10)cc9)cc8)cc7)cc6c5)cc4)cc3)c3ccc(-c4cccc5c4oc4ccccc45)cc3)cc2)cc1. The third-order valence-electron chi connectivity index (χ3n) is 19.1. The van der Waals surface area contributed by atoms with Gasteiger partial charge >= 0.3 is 0 Å². The summed E-state index contributed by atoms with van der Waals surface area (Å²) in [5.74, 6) is 0. The molecule has 18 aromatic rings. The molecule has 3 heterocycles. The molecule has 0 unspecified atom stereocenters. The van der Waals surface area contributed by atoms with Crippen LogP contribution in [-0.2, 0) is 0 Å². The van der Waals surface area contributed by atoms with Crippen molar-refractivity contribution in [1.29, 1.82) is 0 Å². The van der Waals surface area contributed by atoms with Crippen LogP contribution in [0.2, 0.25) is 0 Å². The molecule has 18 rings (SSSR count). The van der Waals surface area contributed by atoms with E-state index < -0.39 is 0 Å². The topological polar surface area (TPSA) is 22.9 Å². The van der Waals surface area contributed by atoms with Crippen molar-refractivity contribution in [1.82, 2.24) is 0 Å². The maximum atomic E-state index is 6.46. The van der Waals surface area contributed by atoms with Crippen LogP contribution >= 0.6 is 22.7 Å². The van der Waals surface area contributed by atoms with E-state index in [1.165, 1.54) is 68.9 Å². The minimum absolute atomic E-state index is 0.900. The highest BCUT2D eigenvalue weighted by Crippen LogP contribution is 2.45. The van der Waals surface area contributed by atoms with Crippen molar-refractivity contribution in [3.05, 3.63) is 382 Å². The minimum Gasteiger partial charge on any atom is -0.455 e. The summed E-state index contributed by atoms with van der Waals surface area (Å²) in [6, 6.07) is 138. The van der Waals surface area contributed by atoms with E-state index in [0.29, 0.717) is 0 Å². The van der Waals surface area contributed by atoms with E-state index in [-0.39, 0.29) is 0 Å². The van der Waals surface area contributed by atoms with Crippen LogP contribution in [0.25, 0.3) is 119 Å². The Balaban J connectivity index is 0.568. The summed E-state index contributed by atoms with van der Waals surface area (Å²) in [6.07, 6.45) is 0. The van der Waals surface area contributed by atoms with E-state index in [9.17, 15) is 0 Å². The van der Waals surface area contributed by atoms with Crippen molar-refractivity contribution in [3.8, 4) is 76.5 Å². The lowest BCUT2D eigenvalue weighted by Crippen LogP contribution is -2.10. The summed E-state index contributed by atoms with van der Waals surface area (Å²) in [7, 11) is 0. The van der Waals surface area contributed by atoms with Crippen LogP contribution in [0.3, 0.4) is 0 Å². The van der Waals surface area contributed by atoms with Gasteiger partial charge in [0.25, 0.3) is 0 Å². The van der Waals surface area contributed by atoms with E-state index in [0.717, 1.165) is 101 Å². The smallest absolute Gasteiger partial charge is 0.143 e. The van der Waals surface area contributed by atoms with Crippen LogP contribution in [0.1, 0.15) is 0 Å². The Hall–Kier alpha value is -12.6. The van der Waals surface area contributed by atoms with Gasteiger partial charge in [0, 0.05) is 86.7 Å². The average Bonchev–Trinajstić information content (AvgIpc) is 1.57. The average molecular weight is 1310 g/mol. The number of hydrogen-bond donors (Lipinski definition) is 0. The van der Waals surface area contributed by atoms with Gasteiger partial charge in [-0.1, -0.05) is 237 Å². The Morgan fingerprint density at radius 1 is 0.200 bits per heavy atom. The molecule has 0 amide bonds. The molecular formula is C94H63N3OS2. The number of benzene rings is 15. The van der Waals surface area contributed by atoms with Crippen LogP contribution in [0.15, 0.2) is 387 Å². The largest absolute Gasteiger partial charge is 0.455 e. The zero-order chi connectivity index (χ0) is 66.3. The number of anilines is 9. The Kier molecular flexibility index (Phi) is 15.6. The van der Waals surface area contributed by atoms with Gasteiger partial charge in [0.05, 0.1) is 0 Å². The maximum absolute atomic E-state index is 6.46. The Bertz CT molecular complexity index is 5860. The van der Waals surface area contributed by atoms with Gasteiger partial charge in [-0.15, -0.1) is 22.7 Å². The molecule has 100 heavy (non-hydrogen) atoms. The summed E-state index contributed by atoms with van der Waals surface area (Å²) in [4.78, 5) is 9.52. The zero-order valence-electron chi connectivity index (χ0n) is 54.4. The first-order valence-electron chi connectivity index (χ1n) is 33.8. The Morgan fingerprint density at radius 2 is 0.520 bits per heavy atom. The van der Waals surface area contributed by atoms with Crippen molar-refractivity contribution < 1.29 is 4.42 Å². The molecule has 4 nitrogen and oxygen atoms in total. The molecule has 0 radical (unpaired) electrons. The van der Waals surface area contributed by atoms with E-state index in [2.05, 4.69) is 385 Å². The fourth-order valence-electron chi connectivity index (χ4n) is 14.0. The lowest BCUT2D eigenvalue weighted by Gasteiger charge is -2.26. The van der Waals surface area contributed by atoms with E-state index in [4.69, 9.17) is 4.42 Å². The quantitative estimate of drug-likeness (QED) is 0.0962. The molecule has 0 aliphatic rings. The highest BCUT2D eigenvalue weighted by Gasteiger charge is 2.20. The summed E-state index contributed by atoms with van der Waals surface area (Å²) in [6.45, 7) is 0. The molecule has 0 aliphatic carbocycles. The number of furan rings is 1. The third kappa shape index (κ3) is 11.7. The minimum atomic E-state index is 0.900. The zero-order valence-corrected chi connectivity index (χ0v) is 56.1. The fourth-order valence-corrected chi connectivity index (χ4v) is 16.1. The molecule has 0 spiro atoms. The van der Waals surface area contributed by atoms with E-state index in [1.807, 2.05) is 34.8 Å². The van der Waals surface area contributed by atoms with Gasteiger partial charge in [-0.2, -0.15) is 0 Å². The third-order valence-corrected chi connectivity index (χ3v) is 21.5. The summed E-state index contributed by atoms with van der Waals surface area (Å²) in [5.41, 5.74) is 25.6. The first-order chi connectivity index (χ1) is 49.5. The lowest BCUT2D eigenvalue weighted by atomic mass is 9.99. The van der Waals surface area contributed by atoms with Crippen molar-refractivity contribution in [2.75, 3.05) is 14.7 Å². The van der Waals surface area contributed by atoms with Crippen LogP contribution in [0.4, 0.5) is 51.2 Å². The second kappa shape index (κ2) is 26.1. The number of rotatable bonds is 16. The van der Waals surface area contributed by atoms with Crippen LogP contribution in [-0.4, -0.2) is 0 Å². The predicted molar refractivity (Wildman–Crippen MR) is 427 cm³/mol. The normalized spacial score (nSPS) is 11.4. The van der Waals surface area contributed by atoms with Crippen molar-refractivity contribution in [2.45, 2.75) is 0 Å². The van der Waals surface area contributed by atoms with Crippen LogP contribution < -0.4 is 14.7 Å². The Morgan fingerprint density at radius 3 is 0.980 bits per heavy atom. The molecule has 15 aromatic carbocycles. The van der Waals surface area contributed by atoms with E-state index in [1.54, 1.807) is 0 Å². The van der Waals surface area contributed by atoms with Crippen molar-refractivity contribution in [2.24, 2.45) is 0 Å². The second-order valence-electron chi connectivity index (χ2n) is 25.2. The standard InChI is InChI=1S/C94H63N3OS2/c1-4-15-64(16-5-1)66-31-46-81(47-32-66)97(83-54-39-71(40-55-83)86-23-14-24-88-87-22-11-12-25-89(87)98-94(86)88)82-52-33-67(34-53-82)65-27-29-70(30-28-65)74-45-60-91-76(61-74)63-93(100-91)73-43-58-85(59-44-73)96(78-20-8-3-9-21-78)80-50-37-69(38-51-80)68-35-48-79(49-36-68)95(77-18-6-2-7-19-77)84-56-41-72(42-57-84)92-62-75-17-10-13-26-90(75)99-92/h1-63H. The van der Waals surface area contributed by atoms with Crippen molar-refractivity contribution >= 4 is 116 Å².